The summed E-state index contributed by atoms with van der Waals surface area (Å²) in [6.07, 6.45) is 4.97. The van der Waals surface area contributed by atoms with Crippen LogP contribution in [0.2, 0.25) is 5.02 Å². The molecule has 0 aliphatic carbocycles. The third-order valence-electron chi connectivity index (χ3n) is 5.42. The van der Waals surface area contributed by atoms with Gasteiger partial charge in [-0.2, -0.15) is 5.26 Å². The van der Waals surface area contributed by atoms with Crippen LogP contribution < -0.4 is 14.2 Å². The zero-order valence-electron chi connectivity index (χ0n) is 20.1. The van der Waals surface area contributed by atoms with Crippen LogP contribution in [0.3, 0.4) is 0 Å². The van der Waals surface area contributed by atoms with E-state index < -0.39 is 15.4 Å². The Balaban J connectivity index is 1.75. The minimum atomic E-state index is -3.38. The first-order valence-electron chi connectivity index (χ1n) is 11.1. The normalized spacial score (nSPS) is 11.5. The van der Waals surface area contributed by atoms with E-state index in [0.29, 0.717) is 34.4 Å². The highest BCUT2D eigenvalue weighted by molar-refractivity contribution is 7.92. The molecule has 0 saturated heterocycles. The average Bonchev–Trinajstić information content (AvgIpc) is 2.81. The molecule has 0 amide bonds. The first kappa shape index (κ1) is 26.3. The Labute approximate surface area is 211 Å². The second-order valence-corrected chi connectivity index (χ2v) is 10.8. The van der Waals surface area contributed by atoms with Crippen LogP contribution in [0.25, 0.3) is 0 Å². The van der Waals surface area contributed by atoms with Crippen molar-refractivity contribution in [3.8, 4) is 17.6 Å². The van der Waals surface area contributed by atoms with E-state index in [-0.39, 0.29) is 6.61 Å². The third-order valence-corrected chi connectivity index (χ3v) is 6.30. The molecule has 2 aromatic carbocycles. The van der Waals surface area contributed by atoms with Crippen LogP contribution in [0.4, 0.5) is 5.69 Å². The number of hydrogen-bond acceptors (Lipinski definition) is 6. The molecule has 0 radical (unpaired) electrons. The standard InChI is InChI=1S/C26H28ClN3O4S/c1-5-10-33-25-19(14-28)12-21(13-24(25)27)26(2,3)20-6-8-23(9-7-20)34-17-18-11-22(16-29-15-18)30-35(4,31)32/h6-9,11-13,15-16,30H,5,10,17H2,1-4H3. The largest absolute Gasteiger partial charge is 0.491 e. The molecule has 35 heavy (non-hydrogen) atoms. The number of anilines is 1. The maximum atomic E-state index is 11.4. The van der Waals surface area contributed by atoms with Gasteiger partial charge in [-0.15, -0.1) is 0 Å². The molecule has 1 N–H and O–H groups in total. The summed E-state index contributed by atoms with van der Waals surface area (Å²) < 4.78 is 36.8. The fourth-order valence-corrected chi connectivity index (χ4v) is 4.34. The minimum Gasteiger partial charge on any atom is -0.491 e. The number of nitrogens with one attached hydrogen (secondary N) is 1. The Morgan fingerprint density at radius 1 is 1.09 bits per heavy atom. The van der Waals surface area contributed by atoms with Gasteiger partial charge in [-0.05, 0) is 47.9 Å². The van der Waals surface area contributed by atoms with Crippen molar-refractivity contribution in [3.63, 3.8) is 0 Å². The maximum absolute atomic E-state index is 11.4. The van der Waals surface area contributed by atoms with E-state index in [0.717, 1.165) is 29.4 Å². The summed E-state index contributed by atoms with van der Waals surface area (Å²) >= 11 is 6.47. The van der Waals surface area contributed by atoms with Crippen molar-refractivity contribution >= 4 is 27.3 Å². The van der Waals surface area contributed by atoms with Crippen molar-refractivity contribution in [1.82, 2.24) is 4.98 Å². The second kappa shape index (κ2) is 11.0. The lowest BCUT2D eigenvalue weighted by Gasteiger charge is -2.27. The summed E-state index contributed by atoms with van der Waals surface area (Å²) in [4.78, 5) is 4.06. The van der Waals surface area contributed by atoms with Gasteiger partial charge in [0, 0.05) is 17.2 Å². The van der Waals surface area contributed by atoms with Crippen molar-refractivity contribution in [2.75, 3.05) is 17.6 Å². The number of sulfonamides is 1. The lowest BCUT2D eigenvalue weighted by atomic mass is 9.77. The Morgan fingerprint density at radius 2 is 1.80 bits per heavy atom. The lowest BCUT2D eigenvalue weighted by Crippen LogP contribution is -2.19. The molecule has 3 rings (SSSR count). The van der Waals surface area contributed by atoms with Crippen molar-refractivity contribution in [3.05, 3.63) is 82.1 Å². The molecule has 1 heterocycles. The van der Waals surface area contributed by atoms with Crippen LogP contribution in [-0.2, 0) is 22.0 Å². The van der Waals surface area contributed by atoms with Gasteiger partial charge in [-0.3, -0.25) is 9.71 Å². The summed E-state index contributed by atoms with van der Waals surface area (Å²) in [5, 5.41) is 10.0. The van der Waals surface area contributed by atoms with Crippen molar-refractivity contribution in [2.45, 2.75) is 39.2 Å². The number of rotatable bonds is 10. The summed E-state index contributed by atoms with van der Waals surface area (Å²) in [5.74, 6) is 1.08. The Hall–Kier alpha value is -3.28. The third kappa shape index (κ3) is 6.87. The van der Waals surface area contributed by atoms with Crippen molar-refractivity contribution in [1.29, 1.82) is 5.26 Å². The van der Waals surface area contributed by atoms with E-state index >= 15 is 0 Å². The predicted molar refractivity (Wildman–Crippen MR) is 138 cm³/mol. The maximum Gasteiger partial charge on any atom is 0.229 e. The van der Waals surface area contributed by atoms with Crippen LogP contribution in [-0.4, -0.2) is 26.3 Å². The van der Waals surface area contributed by atoms with Gasteiger partial charge in [-0.1, -0.05) is 44.5 Å². The lowest BCUT2D eigenvalue weighted by molar-refractivity contribution is 0.305. The Morgan fingerprint density at radius 3 is 2.43 bits per heavy atom. The van der Waals surface area contributed by atoms with Crippen LogP contribution in [0.1, 0.15) is 49.4 Å². The van der Waals surface area contributed by atoms with Gasteiger partial charge in [-0.25, -0.2) is 8.42 Å². The molecule has 0 aliphatic rings. The number of nitriles is 1. The van der Waals surface area contributed by atoms with E-state index in [1.807, 2.05) is 43.3 Å². The minimum absolute atomic E-state index is 0.232. The van der Waals surface area contributed by atoms with Crippen molar-refractivity contribution in [2.24, 2.45) is 0 Å². The number of aromatic nitrogens is 1. The molecular formula is C26H28ClN3O4S. The number of hydrogen-bond donors (Lipinski definition) is 1. The van der Waals surface area contributed by atoms with E-state index in [9.17, 15) is 13.7 Å². The van der Waals surface area contributed by atoms with Crippen LogP contribution in [0, 0.1) is 11.3 Å². The van der Waals surface area contributed by atoms with Gasteiger partial charge in [0.2, 0.25) is 10.0 Å². The highest BCUT2D eigenvalue weighted by Crippen LogP contribution is 2.38. The van der Waals surface area contributed by atoms with Gasteiger partial charge in [0.05, 0.1) is 35.3 Å². The molecule has 7 nitrogen and oxygen atoms in total. The van der Waals surface area contributed by atoms with Crippen LogP contribution >= 0.6 is 11.6 Å². The molecule has 0 atom stereocenters. The molecule has 0 bridgehead atoms. The van der Waals surface area contributed by atoms with Gasteiger partial charge < -0.3 is 9.47 Å². The number of pyridine rings is 1. The highest BCUT2D eigenvalue weighted by atomic mass is 35.5. The molecule has 184 valence electrons. The molecular weight excluding hydrogens is 486 g/mol. The molecule has 0 saturated carbocycles. The molecule has 0 spiro atoms. The summed E-state index contributed by atoms with van der Waals surface area (Å²) in [5.41, 5.74) is 3.02. The van der Waals surface area contributed by atoms with E-state index in [1.165, 1.54) is 6.20 Å². The fraction of sp³-hybridized carbons (Fsp3) is 0.308. The number of nitrogens with zero attached hydrogens (tertiary/aromatic N) is 2. The van der Waals surface area contributed by atoms with E-state index in [4.69, 9.17) is 21.1 Å². The monoisotopic (exact) mass is 513 g/mol. The number of benzene rings is 2. The molecule has 0 aliphatic heterocycles. The molecule has 0 unspecified atom stereocenters. The SMILES string of the molecule is CCCOc1c(Cl)cc(C(C)(C)c2ccc(OCc3cncc(NS(C)(=O)=O)c3)cc2)cc1C#N. The highest BCUT2D eigenvalue weighted by Gasteiger charge is 2.26. The first-order valence-corrected chi connectivity index (χ1v) is 13.3. The molecule has 0 fully saturated rings. The zero-order chi connectivity index (χ0) is 25.6. The number of ether oxygens (including phenoxy) is 2. The van der Waals surface area contributed by atoms with Gasteiger partial charge >= 0.3 is 0 Å². The van der Waals surface area contributed by atoms with Crippen LogP contribution in [0.15, 0.2) is 54.9 Å². The fourth-order valence-electron chi connectivity index (χ4n) is 3.53. The topological polar surface area (TPSA) is 101 Å². The zero-order valence-corrected chi connectivity index (χ0v) is 21.7. The summed E-state index contributed by atoms with van der Waals surface area (Å²) in [6, 6.07) is 15.2. The van der Waals surface area contributed by atoms with Gasteiger partial charge in [0.1, 0.15) is 18.4 Å². The first-order chi connectivity index (χ1) is 16.5. The van der Waals surface area contributed by atoms with Gasteiger partial charge in [0.15, 0.2) is 5.75 Å². The Bertz CT molecular complexity index is 1330. The summed E-state index contributed by atoms with van der Waals surface area (Å²) in [7, 11) is -3.38. The molecule has 9 heteroatoms. The quantitative estimate of drug-likeness (QED) is 0.374. The van der Waals surface area contributed by atoms with Crippen molar-refractivity contribution < 1.29 is 17.9 Å². The van der Waals surface area contributed by atoms with E-state index in [1.54, 1.807) is 12.3 Å². The molecule has 3 aromatic rings. The van der Waals surface area contributed by atoms with E-state index in [2.05, 4.69) is 29.6 Å². The second-order valence-electron chi connectivity index (χ2n) is 8.69. The average molecular weight is 514 g/mol. The Kier molecular flexibility index (Phi) is 8.26. The van der Waals surface area contributed by atoms with Crippen LogP contribution in [0.5, 0.6) is 11.5 Å². The summed E-state index contributed by atoms with van der Waals surface area (Å²) in [6.45, 7) is 6.85. The number of halogens is 1. The smallest absolute Gasteiger partial charge is 0.229 e. The van der Waals surface area contributed by atoms with Gasteiger partial charge in [0.25, 0.3) is 0 Å². The molecule has 1 aromatic heterocycles. The predicted octanol–water partition coefficient (Wildman–Crippen LogP) is 5.67.